The molecule has 5 rings (SSSR count). The topological polar surface area (TPSA) is 68.7 Å². The molecule has 43 heavy (non-hydrogen) atoms. The summed E-state index contributed by atoms with van der Waals surface area (Å²) >= 11 is 1.64. The molecular weight excluding hydrogens is 556 g/mol. The lowest BCUT2D eigenvalue weighted by atomic mass is 9.79. The molecule has 7 heteroatoms. The normalized spacial score (nSPS) is 14.1. The summed E-state index contributed by atoms with van der Waals surface area (Å²) in [5.74, 6) is -0.347. The van der Waals surface area contributed by atoms with Crippen molar-refractivity contribution in [2.45, 2.75) is 52.4 Å². The van der Waals surface area contributed by atoms with Crippen molar-refractivity contribution in [1.29, 1.82) is 0 Å². The highest BCUT2D eigenvalue weighted by Gasteiger charge is 2.25. The van der Waals surface area contributed by atoms with E-state index in [1.165, 1.54) is 18.2 Å². The van der Waals surface area contributed by atoms with Gasteiger partial charge in [0.1, 0.15) is 5.01 Å². The second-order valence-electron chi connectivity index (χ2n) is 13.0. The van der Waals surface area contributed by atoms with E-state index >= 15 is 0 Å². The second kappa shape index (κ2) is 12.1. The van der Waals surface area contributed by atoms with Gasteiger partial charge in [-0.1, -0.05) is 71.9 Å². The molecule has 0 aliphatic carbocycles. The molecule has 0 N–H and O–H groups in total. The smallest absolute Gasteiger partial charge is 0.337 e. The first-order chi connectivity index (χ1) is 20.3. The molecule has 0 bridgehead atoms. The number of hydrogen-bond acceptors (Lipinski definition) is 6. The largest absolute Gasteiger partial charge is 0.465 e. The number of carbonyl (C=O) groups is 2. The maximum atomic E-state index is 13.1. The van der Waals surface area contributed by atoms with E-state index in [-0.39, 0.29) is 22.7 Å². The van der Waals surface area contributed by atoms with Gasteiger partial charge in [-0.3, -0.25) is 4.79 Å². The summed E-state index contributed by atoms with van der Waals surface area (Å²) < 4.78 is 10.3. The van der Waals surface area contributed by atoms with Crippen molar-refractivity contribution in [2.75, 3.05) is 33.4 Å². The molecule has 1 amide bonds. The fraction of sp³-hybridized carbons (Fsp3) is 0.361. The van der Waals surface area contributed by atoms with E-state index < -0.39 is 0 Å². The van der Waals surface area contributed by atoms with Crippen LogP contribution in [0.25, 0.3) is 32.3 Å². The number of hydrogen-bond donors (Lipinski definition) is 0. The van der Waals surface area contributed by atoms with Crippen LogP contribution in [0.4, 0.5) is 0 Å². The zero-order valence-corrected chi connectivity index (χ0v) is 26.9. The number of nitrogens with zero attached hydrogens (tertiary/aromatic N) is 2. The molecule has 1 fully saturated rings. The molecule has 1 aliphatic rings. The first kappa shape index (κ1) is 30.6. The highest BCUT2D eigenvalue weighted by atomic mass is 32.1. The standard InChI is InChI=1S/C36H40N2O4S/c1-35(2,3)28-20-27(21-29(22-28)36(4,5)6)31-30(37-32(43-31)24-10-14-26(15-11-24)34(40)41-7)23-8-12-25(13-9-23)33(39)38-16-18-42-19-17-38/h8-15,20-22H,16-19H2,1-7H3. The van der Waals surface area contributed by atoms with E-state index in [4.69, 9.17) is 14.5 Å². The van der Waals surface area contributed by atoms with E-state index in [0.717, 1.165) is 32.3 Å². The van der Waals surface area contributed by atoms with Crippen molar-refractivity contribution in [2.24, 2.45) is 0 Å². The Hall–Kier alpha value is -3.81. The number of esters is 1. The summed E-state index contributed by atoms with van der Waals surface area (Å²) in [6, 6.07) is 22.0. The van der Waals surface area contributed by atoms with Crippen molar-refractivity contribution >= 4 is 23.2 Å². The number of ether oxygens (including phenoxy) is 2. The van der Waals surface area contributed by atoms with E-state index in [0.29, 0.717) is 37.4 Å². The molecule has 0 radical (unpaired) electrons. The molecule has 0 spiro atoms. The van der Waals surface area contributed by atoms with Crippen molar-refractivity contribution in [1.82, 2.24) is 9.88 Å². The summed E-state index contributed by atoms with van der Waals surface area (Å²) in [6.45, 7) is 15.8. The molecular formula is C36H40N2O4S. The van der Waals surface area contributed by atoms with Crippen LogP contribution in [0.2, 0.25) is 0 Å². The fourth-order valence-corrected chi connectivity index (χ4v) is 6.13. The van der Waals surface area contributed by atoms with Gasteiger partial charge in [0, 0.05) is 29.8 Å². The van der Waals surface area contributed by atoms with Gasteiger partial charge in [-0.05, 0) is 63.9 Å². The molecule has 6 nitrogen and oxygen atoms in total. The Morgan fingerprint density at radius 3 is 1.84 bits per heavy atom. The molecule has 1 aromatic heterocycles. The number of rotatable bonds is 5. The molecule has 3 aromatic carbocycles. The molecule has 2 heterocycles. The maximum Gasteiger partial charge on any atom is 0.337 e. The van der Waals surface area contributed by atoms with Crippen LogP contribution in [0.3, 0.4) is 0 Å². The van der Waals surface area contributed by atoms with Crippen molar-refractivity contribution < 1.29 is 19.1 Å². The lowest BCUT2D eigenvalue weighted by Crippen LogP contribution is -2.40. The first-order valence-electron chi connectivity index (χ1n) is 14.7. The van der Waals surface area contributed by atoms with E-state index in [1.54, 1.807) is 23.5 Å². The number of carbonyl (C=O) groups excluding carboxylic acids is 2. The van der Waals surface area contributed by atoms with Gasteiger partial charge in [0.2, 0.25) is 0 Å². The predicted octanol–water partition coefficient (Wildman–Crippen LogP) is 8.00. The zero-order chi connectivity index (χ0) is 30.9. The van der Waals surface area contributed by atoms with Gasteiger partial charge in [0.05, 0.1) is 36.5 Å². The van der Waals surface area contributed by atoms with Gasteiger partial charge < -0.3 is 14.4 Å². The molecule has 1 aliphatic heterocycles. The van der Waals surface area contributed by atoms with Crippen LogP contribution in [0, 0.1) is 0 Å². The van der Waals surface area contributed by atoms with Crippen LogP contribution in [-0.2, 0) is 20.3 Å². The SMILES string of the molecule is COC(=O)c1ccc(-c2nc(-c3ccc(C(=O)N4CCOCC4)cc3)c(-c3cc(C(C)(C)C)cc(C(C)(C)C)c3)s2)cc1. The summed E-state index contributed by atoms with van der Waals surface area (Å²) in [6.07, 6.45) is 0. The van der Waals surface area contributed by atoms with Crippen molar-refractivity contribution in [3.8, 4) is 32.3 Å². The molecule has 0 unspecified atom stereocenters. The Morgan fingerprint density at radius 1 is 0.767 bits per heavy atom. The van der Waals surface area contributed by atoms with Crippen molar-refractivity contribution in [3.05, 3.63) is 89.0 Å². The molecule has 4 aromatic rings. The highest BCUT2D eigenvalue weighted by molar-refractivity contribution is 7.19. The quantitative estimate of drug-likeness (QED) is 0.218. The molecule has 224 valence electrons. The van der Waals surface area contributed by atoms with Gasteiger partial charge in [0.25, 0.3) is 5.91 Å². The summed E-state index contributed by atoms with van der Waals surface area (Å²) in [7, 11) is 1.38. The maximum absolute atomic E-state index is 13.1. The average Bonchev–Trinajstić information content (AvgIpc) is 3.45. The Balaban J connectivity index is 1.63. The minimum absolute atomic E-state index is 0.0208. The Kier molecular flexibility index (Phi) is 8.59. The number of benzene rings is 3. The van der Waals surface area contributed by atoms with Gasteiger partial charge in [-0.2, -0.15) is 0 Å². The third kappa shape index (κ3) is 6.73. The fourth-order valence-electron chi connectivity index (χ4n) is 5.05. The molecule has 0 atom stereocenters. The third-order valence-electron chi connectivity index (χ3n) is 7.81. The Labute approximate surface area is 258 Å². The van der Waals surface area contributed by atoms with Crippen molar-refractivity contribution in [3.63, 3.8) is 0 Å². The van der Waals surface area contributed by atoms with E-state index in [1.807, 2.05) is 41.3 Å². The van der Waals surface area contributed by atoms with Crippen LogP contribution in [-0.4, -0.2) is 55.2 Å². The van der Waals surface area contributed by atoms with Crippen LogP contribution in [0.1, 0.15) is 73.4 Å². The van der Waals surface area contributed by atoms with Crippen LogP contribution in [0.15, 0.2) is 66.7 Å². The molecule has 0 saturated carbocycles. The number of morpholine rings is 1. The lowest BCUT2D eigenvalue weighted by Gasteiger charge is -2.27. The van der Waals surface area contributed by atoms with E-state index in [9.17, 15) is 9.59 Å². The van der Waals surface area contributed by atoms with Crippen LogP contribution in [0.5, 0.6) is 0 Å². The molecule has 1 saturated heterocycles. The predicted molar refractivity (Wildman–Crippen MR) is 174 cm³/mol. The number of methoxy groups -OCH3 is 1. The zero-order valence-electron chi connectivity index (χ0n) is 26.1. The van der Waals surface area contributed by atoms with Gasteiger partial charge in [-0.15, -0.1) is 11.3 Å². The Morgan fingerprint density at radius 2 is 1.30 bits per heavy atom. The highest BCUT2D eigenvalue weighted by Crippen LogP contribution is 2.43. The number of thiazole rings is 1. The number of amides is 1. The minimum Gasteiger partial charge on any atom is -0.465 e. The summed E-state index contributed by atoms with van der Waals surface area (Å²) in [5.41, 5.74) is 7.48. The van der Waals surface area contributed by atoms with Gasteiger partial charge in [-0.25, -0.2) is 9.78 Å². The Bertz CT molecular complexity index is 1590. The van der Waals surface area contributed by atoms with Crippen LogP contribution < -0.4 is 0 Å². The first-order valence-corrected chi connectivity index (χ1v) is 15.5. The van der Waals surface area contributed by atoms with Gasteiger partial charge in [0.15, 0.2) is 0 Å². The lowest BCUT2D eigenvalue weighted by molar-refractivity contribution is 0.0303. The van der Waals surface area contributed by atoms with Gasteiger partial charge >= 0.3 is 5.97 Å². The summed E-state index contributed by atoms with van der Waals surface area (Å²) in [5, 5.41) is 0.855. The minimum atomic E-state index is -0.368. The number of aromatic nitrogens is 1. The van der Waals surface area contributed by atoms with E-state index in [2.05, 4.69) is 59.7 Å². The second-order valence-corrected chi connectivity index (χ2v) is 14.0. The summed E-state index contributed by atoms with van der Waals surface area (Å²) in [4.78, 5) is 33.2. The van der Waals surface area contributed by atoms with Crippen LogP contribution >= 0.6 is 11.3 Å². The third-order valence-corrected chi connectivity index (χ3v) is 8.96. The monoisotopic (exact) mass is 596 g/mol. The average molecular weight is 597 g/mol.